The van der Waals surface area contributed by atoms with E-state index >= 15 is 0 Å². The summed E-state index contributed by atoms with van der Waals surface area (Å²) < 4.78 is 3.56. The average molecular weight is 851 g/mol. The number of hydrogen-bond donors (Lipinski definition) is 0. The summed E-state index contributed by atoms with van der Waals surface area (Å²) in [6.07, 6.45) is 8.25. The molecule has 2 aliphatic carbocycles. The first-order valence-corrected chi connectivity index (χ1v) is 23.5. The number of hydrogen-bond acceptors (Lipinski definition) is 0. The van der Waals surface area contributed by atoms with Crippen molar-refractivity contribution in [2.45, 2.75) is 76.3 Å². The molecular formula is C53H52Cl2Zr. The predicted molar refractivity (Wildman–Crippen MR) is 229 cm³/mol. The van der Waals surface area contributed by atoms with Crippen molar-refractivity contribution in [3.05, 3.63) is 199 Å². The summed E-state index contributed by atoms with van der Waals surface area (Å²) >= 11 is -2.94. The van der Waals surface area contributed by atoms with Gasteiger partial charge in [0.2, 0.25) is 0 Å². The number of aryl methyl sites for hydroxylation is 2. The molecule has 0 N–H and O–H groups in total. The molecule has 0 fully saturated rings. The van der Waals surface area contributed by atoms with Crippen LogP contribution in [0.1, 0.15) is 96.1 Å². The zero-order valence-electron chi connectivity index (χ0n) is 34.0. The Morgan fingerprint density at radius 2 is 0.929 bits per heavy atom. The van der Waals surface area contributed by atoms with Crippen molar-refractivity contribution in [1.82, 2.24) is 0 Å². The second-order valence-electron chi connectivity index (χ2n) is 17.5. The molecule has 0 bridgehead atoms. The van der Waals surface area contributed by atoms with Gasteiger partial charge in [0, 0.05) is 0 Å². The van der Waals surface area contributed by atoms with Crippen molar-refractivity contribution in [2.75, 3.05) is 0 Å². The molecule has 6 aromatic rings. The zero-order chi connectivity index (χ0) is 37.8. The molecule has 0 heterocycles. The van der Waals surface area contributed by atoms with Crippen LogP contribution in [0.3, 0.4) is 0 Å². The topological polar surface area (TPSA) is 0 Å². The first kappa shape index (κ1) is 41.8. The fourth-order valence-corrected chi connectivity index (χ4v) is 17.6. The predicted octanol–water partition coefficient (Wildman–Crippen LogP) is 8.04. The molecule has 0 radical (unpaired) electrons. The Balaban J connectivity index is 0.00000266. The Morgan fingerprint density at radius 1 is 0.518 bits per heavy atom. The van der Waals surface area contributed by atoms with Crippen molar-refractivity contribution in [2.24, 2.45) is 0 Å². The Bertz CT molecular complexity index is 2300. The molecule has 0 aromatic heterocycles. The largest absolute Gasteiger partial charge is 1.00 e. The van der Waals surface area contributed by atoms with Gasteiger partial charge in [-0.3, -0.25) is 0 Å². The second kappa shape index (κ2) is 16.5. The minimum absolute atomic E-state index is 0. The molecule has 0 amide bonds. The van der Waals surface area contributed by atoms with Gasteiger partial charge in [0.25, 0.3) is 0 Å². The van der Waals surface area contributed by atoms with E-state index in [1.54, 1.807) is 6.49 Å². The molecule has 3 heteroatoms. The minimum atomic E-state index is -2.94. The molecule has 282 valence electrons. The Hall–Kier alpha value is -3.87. The fourth-order valence-electron chi connectivity index (χ4n) is 8.67. The second-order valence-corrected chi connectivity index (χ2v) is 23.7. The van der Waals surface area contributed by atoms with Gasteiger partial charge in [-0.25, -0.2) is 0 Å². The van der Waals surface area contributed by atoms with E-state index < -0.39 is 21.3 Å². The number of allylic oxidation sites excluding steroid dienone is 4. The van der Waals surface area contributed by atoms with E-state index in [2.05, 4.69) is 207 Å². The van der Waals surface area contributed by atoms with Gasteiger partial charge in [-0.1, -0.05) is 0 Å². The number of fused-ring (bicyclic) bond motifs is 3. The molecule has 6 aromatic carbocycles. The summed E-state index contributed by atoms with van der Waals surface area (Å²) in [6.45, 7) is 18.7. The molecule has 0 atom stereocenters. The third-order valence-electron chi connectivity index (χ3n) is 11.4. The van der Waals surface area contributed by atoms with Crippen molar-refractivity contribution < 1.29 is 46.1 Å². The normalized spacial score (nSPS) is 13.2. The molecule has 0 unspecified atom stereocenters. The third-order valence-corrected chi connectivity index (χ3v) is 19.7. The quantitative estimate of drug-likeness (QED) is 0.159. The molecule has 0 saturated carbocycles. The standard InChI is InChI=1S/C33H33.C15H14.C5H5.2ClH.Zr/c1-32(2,3)30-20-26-24(18-28(30)22-13-9-7-10-14-22)17-25-19-29(23-15-11-8-12-16-23)31(21-27(25)26)33(4,5)6;1-12-3-7-14(8-4-12)11-15-9-5-13(2)6-10-15;1-2-4-5-3-1;;;/h7-21H,1-6H3;3-10H,1-2H3;1-3H,4H2;2*1H;/q;;;;;+2/p-2. The zero-order valence-corrected chi connectivity index (χ0v) is 37.9. The van der Waals surface area contributed by atoms with Crippen LogP contribution in [0.2, 0.25) is 0 Å². The van der Waals surface area contributed by atoms with Gasteiger partial charge >= 0.3 is 334 Å². The molecular weight excluding hydrogens is 799 g/mol. The average Bonchev–Trinajstić information content (AvgIpc) is 3.80. The van der Waals surface area contributed by atoms with Gasteiger partial charge < -0.3 is 24.8 Å². The first-order valence-electron chi connectivity index (χ1n) is 19.6. The van der Waals surface area contributed by atoms with Gasteiger partial charge in [-0.15, -0.1) is 0 Å². The maximum absolute atomic E-state index is 2.94. The summed E-state index contributed by atoms with van der Waals surface area (Å²) in [7, 11) is 0. The van der Waals surface area contributed by atoms with E-state index in [0.29, 0.717) is 3.63 Å². The summed E-state index contributed by atoms with van der Waals surface area (Å²) in [5.41, 5.74) is 19.4. The van der Waals surface area contributed by atoms with E-state index in [0.717, 1.165) is 6.42 Å². The van der Waals surface area contributed by atoms with Gasteiger partial charge in [-0.2, -0.15) is 0 Å². The maximum Gasteiger partial charge on any atom is -1.00 e. The smallest absolute Gasteiger partial charge is 1.00 e. The van der Waals surface area contributed by atoms with Crippen molar-refractivity contribution in [3.8, 4) is 33.4 Å². The van der Waals surface area contributed by atoms with Crippen LogP contribution in [-0.4, -0.2) is 3.21 Å². The summed E-state index contributed by atoms with van der Waals surface area (Å²) in [6, 6.07) is 51.6. The molecule has 0 nitrogen and oxygen atoms in total. The summed E-state index contributed by atoms with van der Waals surface area (Å²) in [4.78, 5) is 0. The summed E-state index contributed by atoms with van der Waals surface area (Å²) in [5.74, 6) is 0. The van der Waals surface area contributed by atoms with E-state index in [4.69, 9.17) is 0 Å². The van der Waals surface area contributed by atoms with Crippen molar-refractivity contribution in [1.29, 1.82) is 0 Å². The van der Waals surface area contributed by atoms with E-state index in [1.165, 1.54) is 77.9 Å². The van der Waals surface area contributed by atoms with Gasteiger partial charge in [0.15, 0.2) is 0 Å². The number of halogens is 2. The van der Waals surface area contributed by atoms with Crippen LogP contribution in [0.5, 0.6) is 0 Å². The van der Waals surface area contributed by atoms with Gasteiger partial charge in [-0.05, 0) is 0 Å². The van der Waals surface area contributed by atoms with Crippen molar-refractivity contribution in [3.63, 3.8) is 0 Å². The Morgan fingerprint density at radius 3 is 1.29 bits per heavy atom. The van der Waals surface area contributed by atoms with E-state index in [1.807, 2.05) is 0 Å². The Labute approximate surface area is 355 Å². The molecule has 56 heavy (non-hydrogen) atoms. The molecule has 0 aliphatic heterocycles. The van der Waals surface area contributed by atoms with Crippen LogP contribution < -0.4 is 24.8 Å². The first-order chi connectivity index (χ1) is 25.9. The molecule has 8 rings (SSSR count). The SMILES string of the molecule is Cc1ccc([C](c2ccc(C)cc2)=[Zr+2]([C]2=CC=CC2)[CH]2c3cc(-c4ccccc4)c(C(C)(C)C)cc3-c3cc(C(C)(C)C)c(-c4ccccc4)cc32)cc1.[Cl-].[Cl-]. The monoisotopic (exact) mass is 848 g/mol. The molecule has 0 saturated heterocycles. The van der Waals surface area contributed by atoms with Crippen molar-refractivity contribution >= 4 is 3.21 Å². The van der Waals surface area contributed by atoms with Crippen LogP contribution >= 0.6 is 0 Å². The van der Waals surface area contributed by atoms with Gasteiger partial charge in [0.1, 0.15) is 0 Å². The molecule has 0 spiro atoms. The van der Waals surface area contributed by atoms with Crippen LogP contribution in [0.25, 0.3) is 33.4 Å². The number of benzene rings is 6. The van der Waals surface area contributed by atoms with E-state index in [-0.39, 0.29) is 35.6 Å². The maximum atomic E-state index is 2.64. The third kappa shape index (κ3) is 7.98. The van der Waals surface area contributed by atoms with E-state index in [9.17, 15) is 0 Å². The van der Waals surface area contributed by atoms with Crippen LogP contribution in [0, 0.1) is 13.8 Å². The van der Waals surface area contributed by atoms with Crippen LogP contribution in [0.15, 0.2) is 155 Å². The Kier molecular flexibility index (Phi) is 12.3. The summed E-state index contributed by atoms with van der Waals surface area (Å²) in [5, 5.41) is 0. The van der Waals surface area contributed by atoms with Crippen LogP contribution in [-0.2, 0) is 32.1 Å². The van der Waals surface area contributed by atoms with Crippen LogP contribution in [0.4, 0.5) is 0 Å². The molecule has 2 aliphatic rings. The number of rotatable bonds is 6. The fraction of sp³-hybridized carbons (Fsp3) is 0.226. The van der Waals surface area contributed by atoms with Gasteiger partial charge in [0.05, 0.1) is 0 Å². The minimum Gasteiger partial charge on any atom is -1.00 e.